The Kier molecular flexibility index (Phi) is 2.97. The second-order valence-electron chi connectivity index (χ2n) is 2.10. The molecule has 1 heterocycles. The Labute approximate surface area is 78.4 Å². The van der Waals surface area contributed by atoms with Gasteiger partial charge in [0.25, 0.3) is 4.92 Å². The lowest BCUT2D eigenvalue weighted by molar-refractivity contribution is -0.736. The van der Waals surface area contributed by atoms with E-state index >= 15 is 0 Å². The lowest BCUT2D eigenvalue weighted by Gasteiger charge is -1.90. The fourth-order valence-corrected chi connectivity index (χ4v) is 1.51. The van der Waals surface area contributed by atoms with E-state index in [-0.39, 0.29) is 5.69 Å². The summed E-state index contributed by atoms with van der Waals surface area (Å²) < 4.78 is 4.47. The summed E-state index contributed by atoms with van der Waals surface area (Å²) in [4.78, 5) is 26.9. The largest absolute Gasteiger partial charge is 0.465 e. The van der Waals surface area contributed by atoms with Gasteiger partial charge in [0, 0.05) is 6.07 Å². The maximum Gasteiger partial charge on any atom is 0.348 e. The normalized spacial score (nSPS) is 9.38. The molecule has 13 heavy (non-hydrogen) atoms. The number of hydrogen-bond acceptors (Lipinski definition) is 5. The molecule has 0 atom stereocenters. The third kappa shape index (κ3) is 2.03. The van der Waals surface area contributed by atoms with Crippen molar-refractivity contribution in [2.24, 2.45) is 0 Å². The van der Waals surface area contributed by atoms with E-state index in [4.69, 9.17) is 0 Å². The third-order valence-electron chi connectivity index (χ3n) is 1.35. The highest BCUT2D eigenvalue weighted by atomic mass is 32.1. The van der Waals surface area contributed by atoms with Crippen LogP contribution in [0.1, 0.15) is 9.67 Å². The predicted molar refractivity (Wildman–Crippen MR) is 46.0 cm³/mol. The molecule has 6 heteroatoms. The van der Waals surface area contributed by atoms with Gasteiger partial charge in [0.2, 0.25) is 0 Å². The van der Waals surface area contributed by atoms with Crippen LogP contribution in [-0.4, -0.2) is 25.1 Å². The summed E-state index contributed by atoms with van der Waals surface area (Å²) in [6, 6.07) is 1.41. The second-order valence-corrected chi connectivity index (χ2v) is 3.01. The average molecular weight is 202 g/mol. The summed E-state index contributed by atoms with van der Waals surface area (Å²) in [5, 5.41) is 1.52. The number of nitrogens with zero attached hydrogens (tertiary/aromatic N) is 1. The lowest BCUT2D eigenvalue weighted by atomic mass is 10.4. The summed E-state index contributed by atoms with van der Waals surface area (Å²) in [6.45, 7) is 0. The van der Waals surface area contributed by atoms with E-state index in [1.54, 1.807) is 0 Å². The molecule has 1 aromatic heterocycles. The molecule has 70 valence electrons. The molecule has 0 aliphatic rings. The predicted octanol–water partition coefficient (Wildman–Crippen LogP) is 1.51. The van der Waals surface area contributed by atoms with Crippen LogP contribution >= 0.6 is 11.3 Å². The van der Waals surface area contributed by atoms with Gasteiger partial charge in [-0.15, -0.1) is 11.3 Å². The van der Waals surface area contributed by atoms with Gasteiger partial charge >= 0.3 is 11.7 Å². The van der Waals surface area contributed by atoms with Crippen LogP contribution < -0.4 is 0 Å². The first kappa shape index (κ1) is 9.66. The summed E-state index contributed by atoms with van der Waals surface area (Å²) in [6.07, 6.45) is 0. The minimum atomic E-state index is -0.458. The van der Waals surface area contributed by atoms with Crippen molar-refractivity contribution in [3.63, 3.8) is 0 Å². The van der Waals surface area contributed by atoms with Gasteiger partial charge < -0.3 is 4.74 Å². The Morgan fingerprint density at radius 3 is 2.77 bits per heavy atom. The highest BCUT2D eigenvalue weighted by Crippen LogP contribution is 2.22. The molecule has 0 saturated carbocycles. The molecule has 0 saturated heterocycles. The number of carbonyl (C=O) groups excluding carboxylic acids is 1. The molecular formula is C7H8NO4S+. The molecule has 1 rings (SSSR count). The summed E-state index contributed by atoms with van der Waals surface area (Å²) in [5.41, 5.74) is 0.285. The molecule has 0 aliphatic carbocycles. The van der Waals surface area contributed by atoms with E-state index in [0.717, 1.165) is 11.3 Å². The number of rotatable bonds is 3. The van der Waals surface area contributed by atoms with E-state index in [0.29, 0.717) is 9.80 Å². The molecular weight excluding hydrogens is 194 g/mol. The molecule has 0 N–H and O–H groups in total. The lowest BCUT2D eigenvalue weighted by Crippen LogP contribution is -1.98. The standard InChI is InChI=1S/C7H8NO4S/c1-11-7(9)6-3-5(4-13-6)8(10)12-2/h3-4H,1-2H3/q+1. The molecule has 5 nitrogen and oxygen atoms in total. The zero-order valence-corrected chi connectivity index (χ0v) is 7.96. The van der Waals surface area contributed by atoms with Crippen molar-refractivity contribution >= 4 is 23.0 Å². The molecule has 0 bridgehead atoms. The zero-order valence-electron chi connectivity index (χ0n) is 7.14. The molecule has 0 aromatic carbocycles. The minimum absolute atomic E-state index is 0.285. The van der Waals surface area contributed by atoms with E-state index in [1.165, 1.54) is 25.7 Å². The molecule has 1 aromatic rings. The first-order chi connectivity index (χ1) is 6.19. The number of esters is 1. The van der Waals surface area contributed by atoms with Crippen molar-refractivity contribution in [2.75, 3.05) is 14.2 Å². The van der Waals surface area contributed by atoms with Crippen LogP contribution in [0.15, 0.2) is 11.4 Å². The van der Waals surface area contributed by atoms with Gasteiger partial charge in [-0.1, -0.05) is 0 Å². The number of methoxy groups -OCH3 is 1. The first-order valence-electron chi connectivity index (χ1n) is 3.37. The van der Waals surface area contributed by atoms with Gasteiger partial charge in [-0.2, -0.15) is 0 Å². The second kappa shape index (κ2) is 3.99. The van der Waals surface area contributed by atoms with Crippen molar-refractivity contribution in [1.29, 1.82) is 0 Å². The fourth-order valence-electron chi connectivity index (χ4n) is 0.735. The van der Waals surface area contributed by atoms with Crippen LogP contribution in [0.25, 0.3) is 0 Å². The van der Waals surface area contributed by atoms with Gasteiger partial charge in [-0.05, 0) is 0 Å². The molecule has 0 radical (unpaired) electrons. The SMILES string of the molecule is COC(=O)c1cc([N+](=O)OC)cs1. The van der Waals surface area contributed by atoms with E-state index < -0.39 is 5.97 Å². The Morgan fingerprint density at radius 1 is 1.54 bits per heavy atom. The van der Waals surface area contributed by atoms with Gasteiger partial charge in [-0.3, -0.25) is 0 Å². The van der Waals surface area contributed by atoms with Gasteiger partial charge in [0.05, 0.1) is 17.4 Å². The summed E-state index contributed by atoms with van der Waals surface area (Å²) >= 11 is 1.13. The first-order valence-corrected chi connectivity index (χ1v) is 4.25. The fraction of sp³-hybridized carbons (Fsp3) is 0.286. The topological polar surface area (TPSA) is 55.6 Å². The minimum Gasteiger partial charge on any atom is -0.465 e. The van der Waals surface area contributed by atoms with Crippen LogP contribution in [0.2, 0.25) is 0 Å². The molecule has 0 fully saturated rings. The van der Waals surface area contributed by atoms with Gasteiger partial charge in [0.15, 0.2) is 7.11 Å². The Balaban J connectivity index is 2.86. The van der Waals surface area contributed by atoms with Crippen LogP contribution in [-0.2, 0) is 9.57 Å². The maximum atomic E-state index is 11.0. The highest BCUT2D eigenvalue weighted by Gasteiger charge is 2.20. The van der Waals surface area contributed by atoms with Crippen molar-refractivity contribution in [1.82, 2.24) is 0 Å². The van der Waals surface area contributed by atoms with E-state index in [9.17, 15) is 9.70 Å². The van der Waals surface area contributed by atoms with Crippen LogP contribution in [0, 0.1) is 4.91 Å². The average Bonchev–Trinajstić information content (AvgIpc) is 2.64. The smallest absolute Gasteiger partial charge is 0.348 e. The Morgan fingerprint density at radius 2 is 2.23 bits per heavy atom. The van der Waals surface area contributed by atoms with Crippen molar-refractivity contribution in [3.05, 3.63) is 21.2 Å². The Bertz CT molecular complexity index is 302. The number of ether oxygens (including phenoxy) is 1. The van der Waals surface area contributed by atoms with Crippen molar-refractivity contribution < 1.29 is 19.3 Å². The van der Waals surface area contributed by atoms with E-state index in [2.05, 4.69) is 9.57 Å². The number of carbonyl (C=O) groups is 1. The number of hydrogen-bond donors (Lipinski definition) is 0. The molecule has 0 amide bonds. The highest BCUT2D eigenvalue weighted by molar-refractivity contribution is 7.12. The van der Waals surface area contributed by atoms with Crippen molar-refractivity contribution in [3.8, 4) is 0 Å². The summed E-state index contributed by atoms with van der Waals surface area (Å²) in [7, 11) is 2.54. The number of thiophene rings is 1. The van der Waals surface area contributed by atoms with Crippen LogP contribution in [0.3, 0.4) is 0 Å². The quantitative estimate of drug-likeness (QED) is 0.550. The van der Waals surface area contributed by atoms with Crippen LogP contribution in [0.4, 0.5) is 5.69 Å². The Hall–Kier alpha value is -1.43. The maximum absolute atomic E-state index is 11.0. The molecule has 0 aliphatic heterocycles. The monoisotopic (exact) mass is 202 g/mol. The zero-order chi connectivity index (χ0) is 9.84. The summed E-state index contributed by atoms with van der Waals surface area (Å²) in [5.74, 6) is -0.458. The van der Waals surface area contributed by atoms with Gasteiger partial charge in [0.1, 0.15) is 4.88 Å². The third-order valence-corrected chi connectivity index (χ3v) is 2.25. The van der Waals surface area contributed by atoms with Gasteiger partial charge in [-0.25, -0.2) is 9.63 Å². The molecule has 0 spiro atoms. The van der Waals surface area contributed by atoms with Crippen LogP contribution in [0.5, 0.6) is 0 Å². The van der Waals surface area contributed by atoms with Crippen molar-refractivity contribution in [2.45, 2.75) is 0 Å². The molecule has 0 unspecified atom stereocenters. The van der Waals surface area contributed by atoms with E-state index in [1.807, 2.05) is 0 Å².